The predicted molar refractivity (Wildman–Crippen MR) is 126 cm³/mol. The van der Waals surface area contributed by atoms with Gasteiger partial charge in [0, 0.05) is 34.3 Å². The van der Waals surface area contributed by atoms with E-state index in [0.29, 0.717) is 34.6 Å². The van der Waals surface area contributed by atoms with Crippen LogP contribution in [0.2, 0.25) is 10.0 Å². The third-order valence-electron chi connectivity index (χ3n) is 5.18. The van der Waals surface area contributed by atoms with Gasteiger partial charge in [0.1, 0.15) is 12.4 Å². The third kappa shape index (κ3) is 5.15. The molecular formula is C24H21Cl2N3O3. The van der Waals surface area contributed by atoms with Gasteiger partial charge >= 0.3 is 0 Å². The van der Waals surface area contributed by atoms with E-state index in [4.69, 9.17) is 27.9 Å². The van der Waals surface area contributed by atoms with Gasteiger partial charge in [-0.1, -0.05) is 53.5 Å². The van der Waals surface area contributed by atoms with E-state index in [1.165, 1.54) is 0 Å². The quantitative estimate of drug-likeness (QED) is 0.474. The number of hydrazine groups is 1. The Bertz CT molecular complexity index is 1120. The van der Waals surface area contributed by atoms with Gasteiger partial charge < -0.3 is 9.64 Å². The molecule has 0 unspecified atom stereocenters. The third-order valence-corrected chi connectivity index (χ3v) is 5.80. The molecular weight excluding hydrogens is 449 g/mol. The van der Waals surface area contributed by atoms with Crippen molar-refractivity contribution in [3.8, 4) is 5.75 Å². The van der Waals surface area contributed by atoms with Crippen molar-refractivity contribution in [3.63, 3.8) is 0 Å². The van der Waals surface area contributed by atoms with Crippen molar-refractivity contribution in [2.45, 2.75) is 13.0 Å². The number of benzene rings is 3. The number of hydrogen-bond acceptors (Lipinski definition) is 4. The van der Waals surface area contributed by atoms with Gasteiger partial charge in [0.2, 0.25) is 11.8 Å². The molecule has 8 heteroatoms. The van der Waals surface area contributed by atoms with Gasteiger partial charge in [-0.3, -0.25) is 20.4 Å². The molecule has 0 bridgehead atoms. The maximum absolute atomic E-state index is 12.7. The van der Waals surface area contributed by atoms with Crippen molar-refractivity contribution < 1.29 is 14.3 Å². The van der Waals surface area contributed by atoms with Crippen molar-refractivity contribution >= 4 is 46.4 Å². The number of ether oxygens (including phenoxy) is 1. The minimum atomic E-state index is -0.470. The van der Waals surface area contributed by atoms with Crippen LogP contribution in [0.1, 0.15) is 12.0 Å². The second kappa shape index (κ2) is 9.94. The van der Waals surface area contributed by atoms with E-state index >= 15 is 0 Å². The molecule has 0 radical (unpaired) electrons. The molecule has 0 spiro atoms. The van der Waals surface area contributed by atoms with Gasteiger partial charge in [0.05, 0.1) is 11.6 Å². The molecule has 1 saturated heterocycles. The largest absolute Gasteiger partial charge is 0.487 e. The summed E-state index contributed by atoms with van der Waals surface area (Å²) < 4.78 is 5.89. The fourth-order valence-electron chi connectivity index (χ4n) is 3.45. The number of amides is 2. The smallest absolute Gasteiger partial charge is 0.243 e. The molecule has 32 heavy (non-hydrogen) atoms. The summed E-state index contributed by atoms with van der Waals surface area (Å²) in [4.78, 5) is 26.7. The van der Waals surface area contributed by atoms with Gasteiger partial charge in [-0.05, 0) is 42.5 Å². The molecule has 3 aromatic carbocycles. The summed E-state index contributed by atoms with van der Waals surface area (Å²) in [6.07, 6.45) is 0.140. The Kier molecular flexibility index (Phi) is 6.83. The predicted octanol–water partition coefficient (Wildman–Crippen LogP) is 5.07. The number of nitrogens with one attached hydrogen (secondary N) is 2. The monoisotopic (exact) mass is 469 g/mol. The van der Waals surface area contributed by atoms with Crippen LogP contribution in [-0.2, 0) is 16.2 Å². The number of carbonyl (C=O) groups is 2. The molecule has 2 N–H and O–H groups in total. The van der Waals surface area contributed by atoms with Crippen LogP contribution < -0.4 is 20.5 Å². The minimum absolute atomic E-state index is 0.101. The highest BCUT2D eigenvalue weighted by molar-refractivity contribution is 6.31. The first-order valence-electron chi connectivity index (χ1n) is 10.1. The Labute approximate surface area is 196 Å². The summed E-state index contributed by atoms with van der Waals surface area (Å²) in [5.41, 5.74) is 7.80. The molecule has 1 aliphatic heterocycles. The van der Waals surface area contributed by atoms with Crippen molar-refractivity contribution in [2.24, 2.45) is 5.92 Å². The van der Waals surface area contributed by atoms with Crippen LogP contribution in [0.5, 0.6) is 5.75 Å². The Morgan fingerprint density at radius 1 is 1.00 bits per heavy atom. The van der Waals surface area contributed by atoms with Crippen molar-refractivity contribution in [3.05, 3.63) is 88.4 Å². The van der Waals surface area contributed by atoms with E-state index in [-0.39, 0.29) is 18.2 Å². The lowest BCUT2D eigenvalue weighted by Crippen LogP contribution is -2.36. The molecule has 1 heterocycles. The van der Waals surface area contributed by atoms with Crippen LogP contribution in [0, 0.1) is 5.92 Å². The Balaban J connectivity index is 1.36. The second-order valence-electron chi connectivity index (χ2n) is 7.37. The van der Waals surface area contributed by atoms with Crippen molar-refractivity contribution in [1.29, 1.82) is 0 Å². The minimum Gasteiger partial charge on any atom is -0.487 e. The molecule has 3 aromatic rings. The normalized spacial score (nSPS) is 15.5. The number of rotatable bonds is 7. The first-order valence-corrected chi connectivity index (χ1v) is 10.8. The molecule has 1 atom stereocenters. The lowest BCUT2D eigenvalue weighted by Gasteiger charge is -2.18. The van der Waals surface area contributed by atoms with Gasteiger partial charge in [-0.15, -0.1) is 0 Å². The summed E-state index contributed by atoms with van der Waals surface area (Å²) in [5, 5.41) is 1.22. The zero-order chi connectivity index (χ0) is 22.5. The second-order valence-corrected chi connectivity index (χ2v) is 8.22. The standard InChI is InChI=1S/C24H21Cl2N3O3/c25-18-9-11-19(12-10-18)29-14-17(13-23(29)30)24(31)28-27-21-7-3-4-8-22(21)32-15-16-5-1-2-6-20(16)26/h1-12,17,27H,13-15H2,(H,28,31)/t17-/m0/s1. The fraction of sp³-hybridized carbons (Fsp3) is 0.167. The van der Waals surface area contributed by atoms with Gasteiger partial charge in [-0.25, -0.2) is 0 Å². The van der Waals surface area contributed by atoms with Gasteiger partial charge in [0.25, 0.3) is 0 Å². The number of halogens is 2. The molecule has 6 nitrogen and oxygen atoms in total. The molecule has 1 fully saturated rings. The zero-order valence-corrected chi connectivity index (χ0v) is 18.6. The zero-order valence-electron chi connectivity index (χ0n) is 17.1. The van der Waals surface area contributed by atoms with Crippen LogP contribution in [0.15, 0.2) is 72.8 Å². The highest BCUT2D eigenvalue weighted by Crippen LogP contribution is 2.28. The first-order chi connectivity index (χ1) is 15.5. The maximum Gasteiger partial charge on any atom is 0.243 e. The Morgan fingerprint density at radius 2 is 1.72 bits per heavy atom. The van der Waals surface area contributed by atoms with E-state index in [1.807, 2.05) is 30.3 Å². The summed E-state index contributed by atoms with van der Waals surface area (Å²) in [6, 6.07) is 21.7. The van der Waals surface area contributed by atoms with E-state index in [9.17, 15) is 9.59 Å². The molecule has 0 aromatic heterocycles. The SMILES string of the molecule is O=C(NNc1ccccc1OCc1ccccc1Cl)[C@H]1CC(=O)N(c2ccc(Cl)cc2)C1. The Hall–Kier alpha value is -3.22. The maximum atomic E-state index is 12.7. The van der Waals surface area contributed by atoms with Crippen LogP contribution >= 0.6 is 23.2 Å². The topological polar surface area (TPSA) is 70.7 Å². The molecule has 0 saturated carbocycles. The van der Waals surface area contributed by atoms with Crippen molar-refractivity contribution in [2.75, 3.05) is 16.9 Å². The van der Waals surface area contributed by atoms with Gasteiger partial charge in [-0.2, -0.15) is 0 Å². The van der Waals surface area contributed by atoms with Crippen LogP contribution in [-0.4, -0.2) is 18.4 Å². The number of hydrogen-bond donors (Lipinski definition) is 2. The number of para-hydroxylation sites is 2. The highest BCUT2D eigenvalue weighted by Gasteiger charge is 2.35. The summed E-state index contributed by atoms with van der Waals surface area (Å²) >= 11 is 12.1. The Morgan fingerprint density at radius 3 is 2.50 bits per heavy atom. The van der Waals surface area contributed by atoms with Crippen LogP contribution in [0.25, 0.3) is 0 Å². The summed E-state index contributed by atoms with van der Waals surface area (Å²) in [7, 11) is 0. The van der Waals surface area contributed by atoms with E-state index in [0.717, 1.165) is 11.3 Å². The lowest BCUT2D eigenvalue weighted by atomic mass is 10.1. The van der Waals surface area contributed by atoms with E-state index in [2.05, 4.69) is 10.9 Å². The number of nitrogens with zero attached hydrogens (tertiary/aromatic N) is 1. The lowest BCUT2D eigenvalue weighted by molar-refractivity contribution is -0.125. The highest BCUT2D eigenvalue weighted by atomic mass is 35.5. The summed E-state index contributed by atoms with van der Waals surface area (Å²) in [5.74, 6) is -0.272. The average molecular weight is 470 g/mol. The molecule has 4 rings (SSSR count). The molecule has 1 aliphatic rings. The average Bonchev–Trinajstić information content (AvgIpc) is 3.19. The number of anilines is 2. The first kappa shape index (κ1) is 22.0. The molecule has 164 valence electrons. The van der Waals surface area contributed by atoms with E-state index < -0.39 is 5.92 Å². The van der Waals surface area contributed by atoms with Gasteiger partial charge in [0.15, 0.2) is 0 Å². The van der Waals surface area contributed by atoms with Crippen molar-refractivity contribution in [1.82, 2.24) is 5.43 Å². The van der Waals surface area contributed by atoms with E-state index in [1.54, 1.807) is 47.4 Å². The van der Waals surface area contributed by atoms with Crippen LogP contribution in [0.4, 0.5) is 11.4 Å². The number of carbonyl (C=O) groups excluding carboxylic acids is 2. The molecule has 2 amide bonds. The molecule has 0 aliphatic carbocycles. The summed E-state index contributed by atoms with van der Waals surface area (Å²) in [6.45, 7) is 0.595. The fourth-order valence-corrected chi connectivity index (χ4v) is 3.77. The van der Waals surface area contributed by atoms with Crippen LogP contribution in [0.3, 0.4) is 0 Å².